The lowest BCUT2D eigenvalue weighted by Gasteiger charge is -2.35. The van der Waals surface area contributed by atoms with Gasteiger partial charge in [-0.1, -0.05) is 38.1 Å². The summed E-state index contributed by atoms with van der Waals surface area (Å²) in [5, 5.41) is 10.9. The molecule has 1 aliphatic heterocycles. The Morgan fingerprint density at radius 3 is 2.25 bits per heavy atom. The highest BCUT2D eigenvalue weighted by Crippen LogP contribution is 2.21. The van der Waals surface area contributed by atoms with Gasteiger partial charge in [-0.05, 0) is 36.1 Å². The van der Waals surface area contributed by atoms with Crippen LogP contribution in [0.25, 0.3) is 0 Å². The number of nitro benzene ring substituents is 1. The fourth-order valence-corrected chi connectivity index (χ4v) is 3.55. The van der Waals surface area contributed by atoms with E-state index in [1.807, 2.05) is 4.90 Å². The molecule has 0 saturated carbocycles. The van der Waals surface area contributed by atoms with E-state index < -0.39 is 4.92 Å². The number of hydrogen-bond donors (Lipinski definition) is 0. The van der Waals surface area contributed by atoms with E-state index in [9.17, 15) is 14.9 Å². The second kappa shape index (κ2) is 8.52. The summed E-state index contributed by atoms with van der Waals surface area (Å²) in [6.07, 6.45) is 0. The van der Waals surface area contributed by atoms with E-state index in [0.717, 1.165) is 19.6 Å². The van der Waals surface area contributed by atoms with Gasteiger partial charge in [-0.25, -0.2) is 0 Å². The monoisotopic (exact) mass is 381 g/mol. The van der Waals surface area contributed by atoms with Gasteiger partial charge in [0.1, 0.15) is 0 Å². The largest absolute Gasteiger partial charge is 0.336 e. The van der Waals surface area contributed by atoms with Gasteiger partial charge in [-0.15, -0.1) is 0 Å². The Morgan fingerprint density at radius 1 is 1.07 bits per heavy atom. The molecule has 0 atom stereocenters. The Balaban J connectivity index is 1.56. The van der Waals surface area contributed by atoms with E-state index in [4.69, 9.17) is 0 Å². The number of nitro groups is 1. The highest BCUT2D eigenvalue weighted by molar-refractivity contribution is 5.94. The first-order valence-corrected chi connectivity index (χ1v) is 9.70. The van der Waals surface area contributed by atoms with Crippen molar-refractivity contribution in [3.05, 3.63) is 74.8 Å². The molecule has 6 nitrogen and oxygen atoms in total. The van der Waals surface area contributed by atoms with E-state index >= 15 is 0 Å². The van der Waals surface area contributed by atoms with Crippen molar-refractivity contribution in [2.45, 2.75) is 33.2 Å². The number of rotatable bonds is 5. The molecule has 1 heterocycles. The molecule has 2 aromatic rings. The third-order valence-corrected chi connectivity index (χ3v) is 5.35. The first-order chi connectivity index (χ1) is 13.3. The number of hydrogen-bond acceptors (Lipinski definition) is 4. The van der Waals surface area contributed by atoms with Crippen LogP contribution < -0.4 is 0 Å². The van der Waals surface area contributed by atoms with Gasteiger partial charge in [0, 0.05) is 49.9 Å². The van der Waals surface area contributed by atoms with Crippen LogP contribution in [-0.4, -0.2) is 46.8 Å². The average Bonchev–Trinajstić information content (AvgIpc) is 2.68. The molecule has 1 fully saturated rings. The van der Waals surface area contributed by atoms with Gasteiger partial charge >= 0.3 is 0 Å². The van der Waals surface area contributed by atoms with Gasteiger partial charge in [0.05, 0.1) is 4.92 Å². The topological polar surface area (TPSA) is 66.7 Å². The first-order valence-electron chi connectivity index (χ1n) is 9.70. The quantitative estimate of drug-likeness (QED) is 0.580. The van der Waals surface area contributed by atoms with Crippen molar-refractivity contribution in [3.8, 4) is 0 Å². The number of carbonyl (C=O) groups excluding carboxylic acids is 1. The molecule has 0 radical (unpaired) electrons. The first kappa shape index (κ1) is 20.0. The lowest BCUT2D eigenvalue weighted by molar-refractivity contribution is -0.385. The van der Waals surface area contributed by atoms with Crippen LogP contribution in [0.5, 0.6) is 0 Å². The van der Waals surface area contributed by atoms with Gasteiger partial charge < -0.3 is 4.90 Å². The summed E-state index contributed by atoms with van der Waals surface area (Å²) in [6.45, 7) is 9.91. The van der Waals surface area contributed by atoms with Crippen LogP contribution >= 0.6 is 0 Å². The zero-order valence-corrected chi connectivity index (χ0v) is 16.7. The minimum absolute atomic E-state index is 0.0462. The predicted molar refractivity (Wildman–Crippen MR) is 110 cm³/mol. The van der Waals surface area contributed by atoms with Crippen LogP contribution in [0.4, 0.5) is 5.69 Å². The van der Waals surface area contributed by atoms with Gasteiger partial charge in [-0.2, -0.15) is 0 Å². The number of benzene rings is 2. The maximum Gasteiger partial charge on any atom is 0.272 e. The summed E-state index contributed by atoms with van der Waals surface area (Å²) in [7, 11) is 0. The zero-order valence-electron chi connectivity index (χ0n) is 16.7. The van der Waals surface area contributed by atoms with Crippen LogP contribution in [0.3, 0.4) is 0 Å². The molecule has 0 spiro atoms. The number of carbonyl (C=O) groups is 1. The summed E-state index contributed by atoms with van der Waals surface area (Å²) in [5.74, 6) is 0.477. The molecule has 0 unspecified atom stereocenters. The van der Waals surface area contributed by atoms with Crippen LogP contribution in [0, 0.1) is 17.0 Å². The third kappa shape index (κ3) is 4.57. The van der Waals surface area contributed by atoms with Crippen molar-refractivity contribution < 1.29 is 9.72 Å². The van der Waals surface area contributed by atoms with E-state index in [1.165, 1.54) is 17.2 Å². The Morgan fingerprint density at radius 2 is 1.71 bits per heavy atom. The second-order valence-corrected chi connectivity index (χ2v) is 7.72. The average molecular weight is 381 g/mol. The molecular weight excluding hydrogens is 354 g/mol. The normalized spacial score (nSPS) is 15.1. The summed E-state index contributed by atoms with van der Waals surface area (Å²) >= 11 is 0. The highest BCUT2D eigenvalue weighted by Gasteiger charge is 2.23. The molecule has 6 heteroatoms. The molecule has 0 aliphatic carbocycles. The van der Waals surface area contributed by atoms with Crippen molar-refractivity contribution in [1.82, 2.24) is 9.80 Å². The van der Waals surface area contributed by atoms with Crippen LogP contribution in [-0.2, 0) is 6.54 Å². The van der Waals surface area contributed by atoms with Gasteiger partial charge in [0.25, 0.3) is 11.6 Å². The van der Waals surface area contributed by atoms with Gasteiger partial charge in [0.15, 0.2) is 0 Å². The van der Waals surface area contributed by atoms with Crippen molar-refractivity contribution in [2.24, 2.45) is 0 Å². The van der Waals surface area contributed by atoms with E-state index in [2.05, 4.69) is 43.0 Å². The molecular formula is C22H27N3O3. The van der Waals surface area contributed by atoms with Crippen molar-refractivity contribution in [3.63, 3.8) is 0 Å². The summed E-state index contributed by atoms with van der Waals surface area (Å²) in [5.41, 5.74) is 3.71. The molecule has 0 aromatic heterocycles. The van der Waals surface area contributed by atoms with Crippen molar-refractivity contribution in [2.75, 3.05) is 26.2 Å². The number of piperazine rings is 1. The van der Waals surface area contributed by atoms with Crippen LogP contribution in [0.15, 0.2) is 42.5 Å². The van der Waals surface area contributed by atoms with E-state index in [-0.39, 0.29) is 11.6 Å². The maximum atomic E-state index is 12.7. The Kier molecular flexibility index (Phi) is 6.09. The van der Waals surface area contributed by atoms with Crippen molar-refractivity contribution >= 4 is 11.6 Å². The predicted octanol–water partition coefficient (Wildman–Crippen LogP) is 3.98. The Bertz CT molecular complexity index is 854. The smallest absolute Gasteiger partial charge is 0.272 e. The summed E-state index contributed by atoms with van der Waals surface area (Å²) < 4.78 is 0. The van der Waals surface area contributed by atoms with Gasteiger partial charge in [-0.3, -0.25) is 19.8 Å². The standard InChI is InChI=1S/C22H27N3O3/c1-16(2)19-6-4-18(5-7-19)15-23-10-12-24(13-11-23)22(26)20-8-9-21(25(27)28)17(3)14-20/h4-9,14,16H,10-13,15H2,1-3H3. The fraction of sp³-hybridized carbons (Fsp3) is 0.409. The van der Waals surface area contributed by atoms with Crippen molar-refractivity contribution in [1.29, 1.82) is 0 Å². The summed E-state index contributed by atoms with van der Waals surface area (Å²) in [4.78, 5) is 27.5. The molecule has 0 bridgehead atoms. The SMILES string of the molecule is Cc1cc(C(=O)N2CCN(Cc3ccc(C(C)C)cc3)CC2)ccc1[N+](=O)[O-]. The third-order valence-electron chi connectivity index (χ3n) is 5.35. The molecule has 1 amide bonds. The van der Waals surface area contributed by atoms with Gasteiger partial charge in [0.2, 0.25) is 0 Å². The molecule has 2 aromatic carbocycles. The molecule has 148 valence electrons. The Hall–Kier alpha value is -2.73. The number of aryl methyl sites for hydroxylation is 1. The fourth-order valence-electron chi connectivity index (χ4n) is 3.55. The molecule has 1 saturated heterocycles. The minimum Gasteiger partial charge on any atom is -0.336 e. The summed E-state index contributed by atoms with van der Waals surface area (Å²) in [6, 6.07) is 13.3. The number of nitrogens with zero attached hydrogens (tertiary/aromatic N) is 3. The van der Waals surface area contributed by atoms with E-state index in [0.29, 0.717) is 30.1 Å². The lowest BCUT2D eigenvalue weighted by Crippen LogP contribution is -2.48. The number of amides is 1. The molecule has 3 rings (SSSR count). The maximum absolute atomic E-state index is 12.7. The molecule has 1 aliphatic rings. The Labute approximate surface area is 165 Å². The minimum atomic E-state index is -0.421. The molecule has 28 heavy (non-hydrogen) atoms. The highest BCUT2D eigenvalue weighted by atomic mass is 16.6. The molecule has 0 N–H and O–H groups in total. The second-order valence-electron chi connectivity index (χ2n) is 7.72. The van der Waals surface area contributed by atoms with Crippen LogP contribution in [0.2, 0.25) is 0 Å². The lowest BCUT2D eigenvalue weighted by atomic mass is 10.0. The van der Waals surface area contributed by atoms with Crippen LogP contribution in [0.1, 0.15) is 46.8 Å². The van der Waals surface area contributed by atoms with E-state index in [1.54, 1.807) is 19.1 Å². The zero-order chi connectivity index (χ0) is 20.3.